The predicted molar refractivity (Wildman–Crippen MR) is 105 cm³/mol. The highest BCUT2D eigenvalue weighted by Gasteiger charge is 2.19. The van der Waals surface area contributed by atoms with Crippen LogP contribution in [-0.4, -0.2) is 49.2 Å². The minimum Gasteiger partial charge on any atom is -0.479 e. The maximum absolute atomic E-state index is 13.6. The molecule has 0 amide bonds. The molecule has 0 spiro atoms. The Morgan fingerprint density at radius 2 is 2.00 bits per heavy atom. The maximum atomic E-state index is 13.6. The van der Waals surface area contributed by atoms with Crippen LogP contribution in [0.1, 0.15) is 35.8 Å². The predicted octanol–water partition coefficient (Wildman–Crippen LogP) is 3.08. The normalized spacial score (nSPS) is 12.2. The molecule has 0 saturated heterocycles. The Hall–Kier alpha value is -3.89. The summed E-state index contributed by atoms with van der Waals surface area (Å²) in [5.74, 6) is -1.99. The molecular formula is C20H18F2N6O3. The van der Waals surface area contributed by atoms with Gasteiger partial charge in [-0.25, -0.2) is 23.2 Å². The third-order valence-electron chi connectivity index (χ3n) is 4.65. The van der Waals surface area contributed by atoms with Crippen molar-refractivity contribution in [2.45, 2.75) is 19.9 Å². The summed E-state index contributed by atoms with van der Waals surface area (Å²) in [7, 11) is 1.44. The monoisotopic (exact) mass is 428 g/mol. The smallest absolute Gasteiger partial charge is 0.341 e. The second-order valence-corrected chi connectivity index (χ2v) is 6.62. The lowest BCUT2D eigenvalue weighted by Gasteiger charge is -2.12. The van der Waals surface area contributed by atoms with Crippen LogP contribution in [0.4, 0.5) is 8.78 Å². The molecule has 9 nitrogen and oxygen atoms in total. The summed E-state index contributed by atoms with van der Waals surface area (Å²) in [5, 5.41) is 8.56. The number of methoxy groups -OCH3 is 1. The van der Waals surface area contributed by atoms with Crippen molar-refractivity contribution in [1.82, 2.24) is 29.5 Å². The highest BCUT2D eigenvalue weighted by Crippen LogP contribution is 2.26. The van der Waals surface area contributed by atoms with Crippen LogP contribution in [0.25, 0.3) is 17.0 Å². The van der Waals surface area contributed by atoms with Crippen LogP contribution in [0.15, 0.2) is 36.8 Å². The van der Waals surface area contributed by atoms with Crippen LogP contribution in [0.5, 0.6) is 5.88 Å². The number of carbonyl (C=O) groups is 1. The molecule has 0 bridgehead atoms. The van der Waals surface area contributed by atoms with Crippen LogP contribution in [0, 0.1) is 11.6 Å². The zero-order valence-corrected chi connectivity index (χ0v) is 16.9. The molecule has 31 heavy (non-hydrogen) atoms. The molecule has 0 fully saturated rings. The van der Waals surface area contributed by atoms with Crippen LogP contribution < -0.4 is 4.74 Å². The lowest BCUT2D eigenvalue weighted by Crippen LogP contribution is -2.08. The fraction of sp³-hybridized carbons (Fsp3) is 0.250. The van der Waals surface area contributed by atoms with Gasteiger partial charge >= 0.3 is 5.97 Å². The van der Waals surface area contributed by atoms with Gasteiger partial charge in [0.2, 0.25) is 5.88 Å². The van der Waals surface area contributed by atoms with E-state index in [1.165, 1.54) is 30.3 Å². The highest BCUT2D eigenvalue weighted by atomic mass is 19.2. The fourth-order valence-corrected chi connectivity index (χ4v) is 3.01. The molecule has 160 valence electrons. The van der Waals surface area contributed by atoms with E-state index >= 15 is 0 Å². The maximum Gasteiger partial charge on any atom is 0.341 e. The topological polar surface area (TPSA) is 97.0 Å². The van der Waals surface area contributed by atoms with Gasteiger partial charge in [-0.2, -0.15) is 15.2 Å². The quantitative estimate of drug-likeness (QED) is 0.435. The zero-order valence-electron chi connectivity index (χ0n) is 16.9. The van der Waals surface area contributed by atoms with E-state index in [9.17, 15) is 13.6 Å². The molecule has 0 aliphatic rings. The van der Waals surface area contributed by atoms with E-state index in [2.05, 4.69) is 20.2 Å². The molecule has 4 rings (SSSR count). The Labute approximate surface area is 175 Å². The second kappa shape index (κ2) is 8.09. The Balaban J connectivity index is 1.73. The number of hydrogen-bond acceptors (Lipinski definition) is 7. The van der Waals surface area contributed by atoms with E-state index in [0.717, 1.165) is 12.1 Å². The molecule has 1 atom stereocenters. The number of nitrogens with zero attached hydrogens (tertiary/aromatic N) is 6. The first-order chi connectivity index (χ1) is 14.9. The standard InChI is InChI=1S/C20H18F2N6O3/c1-4-31-19(29)13-8-23-28(9-13)20-24-16-10-27(26-17(16)18(25-20)30-3)11(2)12-5-6-14(21)15(22)7-12/h5-11H,4H2,1-3H3/t11-/m0/s1. The van der Waals surface area contributed by atoms with Crippen molar-refractivity contribution in [2.24, 2.45) is 0 Å². The zero-order chi connectivity index (χ0) is 22.1. The van der Waals surface area contributed by atoms with Crippen molar-refractivity contribution < 1.29 is 23.0 Å². The van der Waals surface area contributed by atoms with E-state index < -0.39 is 23.6 Å². The van der Waals surface area contributed by atoms with E-state index in [1.54, 1.807) is 24.7 Å². The third-order valence-corrected chi connectivity index (χ3v) is 4.65. The van der Waals surface area contributed by atoms with Gasteiger partial charge in [-0.1, -0.05) is 6.07 Å². The van der Waals surface area contributed by atoms with Crippen molar-refractivity contribution in [1.29, 1.82) is 0 Å². The Bertz CT molecular complexity index is 1270. The number of fused-ring (bicyclic) bond motifs is 1. The molecular weight excluding hydrogens is 410 g/mol. The van der Waals surface area contributed by atoms with Crippen molar-refractivity contribution in [3.8, 4) is 11.8 Å². The Kier molecular flexibility index (Phi) is 5.32. The van der Waals surface area contributed by atoms with Gasteiger partial charge in [-0.3, -0.25) is 4.68 Å². The minimum absolute atomic E-state index is 0.167. The second-order valence-electron chi connectivity index (χ2n) is 6.62. The van der Waals surface area contributed by atoms with Crippen LogP contribution in [-0.2, 0) is 4.74 Å². The summed E-state index contributed by atoms with van der Waals surface area (Å²) in [6.45, 7) is 3.75. The minimum atomic E-state index is -0.934. The first-order valence-electron chi connectivity index (χ1n) is 9.39. The van der Waals surface area contributed by atoms with Crippen molar-refractivity contribution in [2.75, 3.05) is 13.7 Å². The molecule has 0 N–H and O–H groups in total. The van der Waals surface area contributed by atoms with Crippen molar-refractivity contribution in [3.05, 3.63) is 59.6 Å². The highest BCUT2D eigenvalue weighted by molar-refractivity contribution is 5.88. The molecule has 3 aromatic heterocycles. The van der Waals surface area contributed by atoms with E-state index in [0.29, 0.717) is 16.6 Å². The molecule has 1 aromatic carbocycles. The van der Waals surface area contributed by atoms with E-state index in [1.807, 2.05) is 0 Å². The summed E-state index contributed by atoms with van der Waals surface area (Å²) in [4.78, 5) is 20.6. The first-order valence-corrected chi connectivity index (χ1v) is 9.39. The number of rotatable bonds is 6. The average Bonchev–Trinajstić information content (AvgIpc) is 3.42. The summed E-state index contributed by atoms with van der Waals surface area (Å²) < 4.78 is 40.1. The molecule has 0 saturated carbocycles. The largest absolute Gasteiger partial charge is 0.479 e. The molecule has 0 unspecified atom stereocenters. The van der Waals surface area contributed by atoms with Crippen LogP contribution in [0.2, 0.25) is 0 Å². The van der Waals surface area contributed by atoms with Crippen LogP contribution in [0.3, 0.4) is 0 Å². The molecule has 0 aliphatic carbocycles. The fourth-order valence-electron chi connectivity index (χ4n) is 3.01. The first kappa shape index (κ1) is 20.4. The summed E-state index contributed by atoms with van der Waals surface area (Å²) in [6, 6.07) is 3.28. The molecule has 4 aromatic rings. The lowest BCUT2D eigenvalue weighted by atomic mass is 10.1. The summed E-state index contributed by atoms with van der Waals surface area (Å²) >= 11 is 0. The van der Waals surface area contributed by atoms with Gasteiger partial charge in [0.25, 0.3) is 5.95 Å². The van der Waals surface area contributed by atoms with Crippen molar-refractivity contribution >= 4 is 17.0 Å². The molecule has 3 heterocycles. The number of ether oxygens (including phenoxy) is 2. The number of halogens is 2. The van der Waals surface area contributed by atoms with Gasteiger partial charge in [-0.15, -0.1) is 0 Å². The number of hydrogen-bond donors (Lipinski definition) is 0. The number of aromatic nitrogens is 6. The van der Waals surface area contributed by atoms with Gasteiger partial charge in [0, 0.05) is 6.20 Å². The van der Waals surface area contributed by atoms with Gasteiger partial charge in [-0.05, 0) is 31.5 Å². The number of benzene rings is 1. The van der Waals surface area contributed by atoms with E-state index in [4.69, 9.17) is 9.47 Å². The summed E-state index contributed by atoms with van der Waals surface area (Å²) in [5.41, 5.74) is 1.63. The van der Waals surface area contributed by atoms with Gasteiger partial charge in [0.1, 0.15) is 5.52 Å². The molecule has 11 heteroatoms. The van der Waals surface area contributed by atoms with Crippen molar-refractivity contribution in [3.63, 3.8) is 0 Å². The Morgan fingerprint density at radius 3 is 2.71 bits per heavy atom. The number of esters is 1. The molecule has 0 aliphatic heterocycles. The van der Waals surface area contributed by atoms with E-state index in [-0.39, 0.29) is 24.0 Å². The summed E-state index contributed by atoms with van der Waals surface area (Å²) in [6.07, 6.45) is 4.45. The average molecular weight is 428 g/mol. The van der Waals surface area contributed by atoms with Gasteiger partial charge in [0.05, 0.1) is 37.7 Å². The SMILES string of the molecule is CCOC(=O)c1cnn(-c2nc(OC)c3nn([C@@H](C)c4ccc(F)c(F)c4)cc3n2)c1. The van der Waals surface area contributed by atoms with Gasteiger partial charge < -0.3 is 9.47 Å². The lowest BCUT2D eigenvalue weighted by molar-refractivity contribution is 0.0526. The third kappa shape index (κ3) is 3.81. The van der Waals surface area contributed by atoms with Crippen LogP contribution >= 0.6 is 0 Å². The molecule has 0 radical (unpaired) electrons. The Morgan fingerprint density at radius 1 is 1.19 bits per heavy atom. The van der Waals surface area contributed by atoms with Gasteiger partial charge in [0.15, 0.2) is 17.2 Å². The number of carbonyl (C=O) groups excluding carboxylic acids is 1.